The van der Waals surface area contributed by atoms with Gasteiger partial charge in [-0.2, -0.15) is 0 Å². The highest BCUT2D eigenvalue weighted by Crippen LogP contribution is 2.40. The number of Topliss-reactive ketones (excluding diaryl/α,β-unsaturated/α-hetero) is 1. The molecule has 0 unspecified atom stereocenters. The summed E-state index contributed by atoms with van der Waals surface area (Å²) in [4.78, 5) is 16.5. The predicted octanol–water partition coefficient (Wildman–Crippen LogP) is 3.56. The number of benzene rings is 2. The van der Waals surface area contributed by atoms with Crippen LogP contribution in [0, 0.1) is 0 Å². The summed E-state index contributed by atoms with van der Waals surface area (Å²) in [7, 11) is 0. The number of hydrogen-bond acceptors (Lipinski definition) is 3. The second kappa shape index (κ2) is 4.79. The molecule has 1 aliphatic heterocycles. The Labute approximate surface area is 122 Å². The van der Waals surface area contributed by atoms with Crippen molar-refractivity contribution in [3.05, 3.63) is 78.1 Å². The maximum absolute atomic E-state index is 12.5. The summed E-state index contributed by atoms with van der Waals surface area (Å²) >= 11 is 0. The molecular weight excluding hydrogens is 262 g/mol. The van der Waals surface area contributed by atoms with Crippen LogP contribution >= 0.6 is 0 Å². The second-order valence-electron chi connectivity index (χ2n) is 5.18. The van der Waals surface area contributed by atoms with Crippen molar-refractivity contribution in [2.45, 2.75) is 12.2 Å². The molecule has 0 radical (unpaired) electrons. The third-order valence-corrected chi connectivity index (χ3v) is 3.82. The van der Waals surface area contributed by atoms with E-state index in [4.69, 9.17) is 4.74 Å². The Balaban J connectivity index is 1.60. The van der Waals surface area contributed by atoms with Gasteiger partial charge in [0.25, 0.3) is 0 Å². The van der Waals surface area contributed by atoms with Crippen LogP contribution < -0.4 is 0 Å². The summed E-state index contributed by atoms with van der Waals surface area (Å²) in [5, 5.41) is 2.21. The zero-order chi connectivity index (χ0) is 14.2. The lowest BCUT2D eigenvalue weighted by Crippen LogP contribution is -2.08. The number of rotatable bonds is 3. The number of ether oxygens (including phenoxy) is 1. The van der Waals surface area contributed by atoms with Gasteiger partial charge in [0, 0.05) is 18.0 Å². The SMILES string of the molecule is O=C(c1ccc2ccccc2c1)[C@@H]1O[C@H]1c1ccncc1. The van der Waals surface area contributed by atoms with Gasteiger partial charge >= 0.3 is 0 Å². The molecule has 3 heteroatoms. The molecule has 0 saturated carbocycles. The quantitative estimate of drug-likeness (QED) is 0.542. The van der Waals surface area contributed by atoms with Crippen LogP contribution in [0.2, 0.25) is 0 Å². The molecule has 0 aliphatic carbocycles. The fraction of sp³-hybridized carbons (Fsp3) is 0.111. The van der Waals surface area contributed by atoms with Crippen LogP contribution in [0.5, 0.6) is 0 Å². The topological polar surface area (TPSA) is 42.5 Å². The number of ketones is 1. The first kappa shape index (κ1) is 12.2. The van der Waals surface area contributed by atoms with E-state index in [1.807, 2.05) is 54.6 Å². The summed E-state index contributed by atoms with van der Waals surface area (Å²) < 4.78 is 5.55. The van der Waals surface area contributed by atoms with E-state index in [-0.39, 0.29) is 18.0 Å². The van der Waals surface area contributed by atoms with Crippen LogP contribution in [0.1, 0.15) is 22.0 Å². The third-order valence-electron chi connectivity index (χ3n) is 3.82. The summed E-state index contributed by atoms with van der Waals surface area (Å²) in [5.74, 6) is 0.0440. The Kier molecular flexibility index (Phi) is 2.79. The Morgan fingerprint density at radius 3 is 2.52 bits per heavy atom. The van der Waals surface area contributed by atoms with Gasteiger partial charge in [-0.1, -0.05) is 36.4 Å². The van der Waals surface area contributed by atoms with Crippen LogP contribution in [0.4, 0.5) is 0 Å². The summed E-state index contributed by atoms with van der Waals surface area (Å²) in [6, 6.07) is 17.6. The average molecular weight is 275 g/mol. The molecule has 102 valence electrons. The van der Waals surface area contributed by atoms with E-state index < -0.39 is 0 Å². The van der Waals surface area contributed by atoms with E-state index >= 15 is 0 Å². The highest BCUT2D eigenvalue weighted by molar-refractivity contribution is 6.04. The standard InChI is InChI=1S/C18H13NO2/c20-16(18-17(21-18)13-7-9-19-10-8-13)15-6-5-12-3-1-2-4-14(12)11-15/h1-11,17-18H/t17-,18-/m0/s1. The molecule has 1 aliphatic rings. The van der Waals surface area contributed by atoms with Gasteiger partial charge in [-0.3, -0.25) is 9.78 Å². The summed E-state index contributed by atoms with van der Waals surface area (Å²) in [6.45, 7) is 0. The zero-order valence-electron chi connectivity index (χ0n) is 11.3. The Hall–Kier alpha value is -2.52. The molecule has 4 rings (SSSR count). The smallest absolute Gasteiger partial charge is 0.194 e. The number of carbonyl (C=O) groups excluding carboxylic acids is 1. The van der Waals surface area contributed by atoms with E-state index in [1.54, 1.807) is 12.4 Å². The van der Waals surface area contributed by atoms with Crippen molar-refractivity contribution in [2.24, 2.45) is 0 Å². The van der Waals surface area contributed by atoms with Crippen molar-refractivity contribution in [2.75, 3.05) is 0 Å². The fourth-order valence-electron chi connectivity index (χ4n) is 2.63. The first-order valence-electron chi connectivity index (χ1n) is 6.91. The van der Waals surface area contributed by atoms with Gasteiger partial charge < -0.3 is 4.74 Å². The van der Waals surface area contributed by atoms with E-state index in [0.717, 1.165) is 16.3 Å². The Morgan fingerprint density at radius 1 is 0.952 bits per heavy atom. The second-order valence-corrected chi connectivity index (χ2v) is 5.18. The zero-order valence-corrected chi connectivity index (χ0v) is 11.3. The highest BCUT2D eigenvalue weighted by Gasteiger charge is 2.46. The lowest BCUT2D eigenvalue weighted by Gasteiger charge is -2.01. The predicted molar refractivity (Wildman–Crippen MR) is 80.1 cm³/mol. The number of aromatic nitrogens is 1. The normalized spacial score (nSPS) is 20.4. The minimum atomic E-state index is -0.367. The average Bonchev–Trinajstić information content (AvgIpc) is 3.35. The molecule has 0 bridgehead atoms. The van der Waals surface area contributed by atoms with E-state index in [9.17, 15) is 4.79 Å². The van der Waals surface area contributed by atoms with E-state index in [0.29, 0.717) is 5.56 Å². The number of epoxide rings is 1. The van der Waals surface area contributed by atoms with Gasteiger partial charge in [0.15, 0.2) is 11.9 Å². The molecule has 2 aromatic carbocycles. The largest absolute Gasteiger partial charge is 0.356 e. The van der Waals surface area contributed by atoms with Crippen LogP contribution in [0.3, 0.4) is 0 Å². The minimum Gasteiger partial charge on any atom is -0.356 e. The maximum Gasteiger partial charge on any atom is 0.194 e. The van der Waals surface area contributed by atoms with Gasteiger partial charge in [-0.05, 0) is 34.5 Å². The summed E-state index contributed by atoms with van der Waals surface area (Å²) in [6.07, 6.45) is 2.93. The Bertz CT molecular complexity index is 814. The Morgan fingerprint density at radius 2 is 1.71 bits per heavy atom. The molecule has 3 aromatic rings. The van der Waals surface area contributed by atoms with Crippen molar-refractivity contribution in [1.29, 1.82) is 0 Å². The first-order chi connectivity index (χ1) is 10.3. The monoisotopic (exact) mass is 275 g/mol. The summed E-state index contributed by atoms with van der Waals surface area (Å²) in [5.41, 5.74) is 1.71. The van der Waals surface area contributed by atoms with Crippen LogP contribution in [-0.2, 0) is 4.74 Å². The van der Waals surface area contributed by atoms with Crippen LogP contribution in [0.25, 0.3) is 10.8 Å². The van der Waals surface area contributed by atoms with Crippen LogP contribution in [0.15, 0.2) is 67.0 Å². The molecule has 2 atom stereocenters. The van der Waals surface area contributed by atoms with E-state index in [2.05, 4.69) is 4.98 Å². The van der Waals surface area contributed by atoms with Gasteiger partial charge in [-0.15, -0.1) is 0 Å². The fourth-order valence-corrected chi connectivity index (χ4v) is 2.63. The molecule has 1 aromatic heterocycles. The lowest BCUT2D eigenvalue weighted by molar-refractivity contribution is 0.0954. The van der Waals surface area contributed by atoms with Crippen molar-refractivity contribution >= 4 is 16.6 Å². The number of carbonyl (C=O) groups is 1. The molecular formula is C18H13NO2. The van der Waals surface area contributed by atoms with E-state index in [1.165, 1.54) is 0 Å². The minimum absolute atomic E-state index is 0.0440. The van der Waals surface area contributed by atoms with Gasteiger partial charge in [-0.25, -0.2) is 0 Å². The molecule has 1 fully saturated rings. The lowest BCUT2D eigenvalue weighted by atomic mass is 10.0. The van der Waals surface area contributed by atoms with Gasteiger partial charge in [0.05, 0.1) is 0 Å². The molecule has 21 heavy (non-hydrogen) atoms. The van der Waals surface area contributed by atoms with Crippen molar-refractivity contribution < 1.29 is 9.53 Å². The molecule has 0 N–H and O–H groups in total. The third kappa shape index (κ3) is 2.22. The molecule has 3 nitrogen and oxygen atoms in total. The maximum atomic E-state index is 12.5. The first-order valence-corrected chi connectivity index (χ1v) is 6.91. The molecule has 2 heterocycles. The molecule has 1 saturated heterocycles. The van der Waals surface area contributed by atoms with Gasteiger partial charge in [0.2, 0.25) is 0 Å². The van der Waals surface area contributed by atoms with Crippen molar-refractivity contribution in [3.8, 4) is 0 Å². The highest BCUT2D eigenvalue weighted by atomic mass is 16.6. The van der Waals surface area contributed by atoms with Crippen molar-refractivity contribution in [3.63, 3.8) is 0 Å². The van der Waals surface area contributed by atoms with Crippen molar-refractivity contribution in [1.82, 2.24) is 4.98 Å². The number of fused-ring (bicyclic) bond motifs is 1. The number of hydrogen-bond donors (Lipinski definition) is 0. The van der Waals surface area contributed by atoms with Gasteiger partial charge in [0.1, 0.15) is 6.10 Å². The molecule has 0 spiro atoms. The molecule has 0 amide bonds. The number of pyridine rings is 1. The number of nitrogens with zero attached hydrogens (tertiary/aromatic N) is 1. The van der Waals surface area contributed by atoms with Crippen LogP contribution in [-0.4, -0.2) is 16.9 Å².